The lowest BCUT2D eigenvalue weighted by Crippen LogP contribution is -2.52. The Morgan fingerprint density at radius 2 is 2.04 bits per heavy atom. The van der Waals surface area contributed by atoms with Crippen LogP contribution in [0.25, 0.3) is 10.2 Å². The zero-order valence-electron chi connectivity index (χ0n) is 15.4. The predicted octanol–water partition coefficient (Wildman–Crippen LogP) is 3.22. The molecule has 2 atom stereocenters. The molecule has 0 radical (unpaired) electrons. The lowest BCUT2D eigenvalue weighted by molar-refractivity contribution is -0.155. The number of nitrogens with one attached hydrogen (secondary N) is 1. The van der Waals surface area contributed by atoms with Crippen LogP contribution in [-0.4, -0.2) is 28.5 Å². The number of aryl methyl sites for hydroxylation is 1. The molecular formula is C19H23N3O3S. The molecule has 0 saturated carbocycles. The van der Waals surface area contributed by atoms with E-state index in [0.29, 0.717) is 6.42 Å². The second kappa shape index (κ2) is 8.28. The summed E-state index contributed by atoms with van der Waals surface area (Å²) in [6.07, 6.45) is -0.338. The molecule has 7 heteroatoms. The van der Waals surface area contributed by atoms with E-state index in [1.807, 2.05) is 38.1 Å². The van der Waals surface area contributed by atoms with E-state index in [1.165, 1.54) is 6.92 Å². The van der Waals surface area contributed by atoms with Gasteiger partial charge in [-0.2, -0.15) is 5.26 Å². The molecule has 138 valence electrons. The first-order valence-corrected chi connectivity index (χ1v) is 9.34. The summed E-state index contributed by atoms with van der Waals surface area (Å²) in [6, 6.07) is 9.89. The van der Waals surface area contributed by atoms with Gasteiger partial charge in [0.15, 0.2) is 6.10 Å². The van der Waals surface area contributed by atoms with Gasteiger partial charge in [0.25, 0.3) is 5.91 Å². The number of hydrogen-bond acceptors (Lipinski definition) is 6. The van der Waals surface area contributed by atoms with Gasteiger partial charge in [0.1, 0.15) is 5.54 Å². The molecule has 1 heterocycles. The Hall–Kier alpha value is -2.46. The summed E-state index contributed by atoms with van der Waals surface area (Å²) in [5, 5.41) is 12.8. The molecule has 1 aromatic heterocycles. The molecule has 2 unspecified atom stereocenters. The van der Waals surface area contributed by atoms with E-state index in [1.54, 1.807) is 18.3 Å². The van der Waals surface area contributed by atoms with Crippen molar-refractivity contribution in [3.8, 4) is 6.07 Å². The van der Waals surface area contributed by atoms with Crippen LogP contribution >= 0.6 is 11.3 Å². The van der Waals surface area contributed by atoms with E-state index in [4.69, 9.17) is 4.74 Å². The van der Waals surface area contributed by atoms with E-state index in [-0.39, 0.29) is 12.3 Å². The van der Waals surface area contributed by atoms with Gasteiger partial charge in [-0.05, 0) is 31.9 Å². The molecule has 0 spiro atoms. The van der Waals surface area contributed by atoms with Crippen molar-refractivity contribution in [2.45, 2.75) is 52.2 Å². The molecule has 0 bridgehead atoms. The number of fused-ring (bicyclic) bond motifs is 1. The average Bonchev–Trinajstić information content (AvgIpc) is 3.02. The number of nitrogens with zero attached hydrogens (tertiary/aromatic N) is 2. The minimum absolute atomic E-state index is 0.0709. The van der Waals surface area contributed by atoms with E-state index in [0.717, 1.165) is 15.2 Å². The molecule has 6 nitrogen and oxygen atoms in total. The first kappa shape index (κ1) is 19.9. The fraction of sp³-hybridized carbons (Fsp3) is 0.474. The number of carbonyl (C=O) groups is 2. The molecule has 1 aromatic carbocycles. The highest BCUT2D eigenvalue weighted by Gasteiger charge is 2.32. The van der Waals surface area contributed by atoms with Crippen LogP contribution in [0, 0.1) is 17.2 Å². The number of aromatic nitrogens is 1. The van der Waals surface area contributed by atoms with Gasteiger partial charge in [-0.3, -0.25) is 9.59 Å². The first-order valence-electron chi connectivity index (χ1n) is 8.52. The molecule has 2 aromatic rings. The summed E-state index contributed by atoms with van der Waals surface area (Å²) in [6.45, 7) is 6.84. The van der Waals surface area contributed by atoms with Crippen molar-refractivity contribution in [3.63, 3.8) is 0 Å². The zero-order chi connectivity index (χ0) is 19.3. The fourth-order valence-electron chi connectivity index (χ4n) is 2.20. The highest BCUT2D eigenvalue weighted by molar-refractivity contribution is 7.18. The maximum Gasteiger partial charge on any atom is 0.306 e. The van der Waals surface area contributed by atoms with Gasteiger partial charge < -0.3 is 10.1 Å². The molecule has 0 aliphatic heterocycles. The number of carbonyl (C=O) groups excluding carboxylic acids is 2. The standard InChI is InChI=1S/C19H23N3O3S/c1-12(2)19(4,11-20)22-18(24)13(3)25-17(23)10-9-16-21-14-7-5-6-8-15(14)26-16/h5-8,12-13H,9-10H2,1-4H3,(H,22,24). The number of hydrogen-bond donors (Lipinski definition) is 1. The van der Waals surface area contributed by atoms with Crippen LogP contribution in [0.1, 0.15) is 39.1 Å². The Morgan fingerprint density at radius 3 is 2.65 bits per heavy atom. The average molecular weight is 373 g/mol. The van der Waals surface area contributed by atoms with Crippen molar-refractivity contribution in [1.82, 2.24) is 10.3 Å². The van der Waals surface area contributed by atoms with Gasteiger partial charge in [0, 0.05) is 6.42 Å². The highest BCUT2D eigenvalue weighted by Crippen LogP contribution is 2.22. The topological polar surface area (TPSA) is 92.1 Å². The van der Waals surface area contributed by atoms with Gasteiger partial charge in [-0.25, -0.2) is 4.98 Å². The molecule has 0 saturated heterocycles. The molecular weight excluding hydrogens is 350 g/mol. The molecule has 1 N–H and O–H groups in total. The van der Waals surface area contributed by atoms with Gasteiger partial charge >= 0.3 is 5.97 Å². The number of thiazole rings is 1. The van der Waals surface area contributed by atoms with E-state index in [2.05, 4.69) is 16.4 Å². The van der Waals surface area contributed by atoms with Crippen LogP contribution in [0.5, 0.6) is 0 Å². The quantitative estimate of drug-likeness (QED) is 0.752. The van der Waals surface area contributed by atoms with E-state index >= 15 is 0 Å². The Bertz CT molecular complexity index is 807. The third kappa shape index (κ3) is 4.79. The summed E-state index contributed by atoms with van der Waals surface area (Å²) in [4.78, 5) is 28.7. The lowest BCUT2D eigenvalue weighted by Gasteiger charge is -2.28. The second-order valence-electron chi connectivity index (χ2n) is 6.67. The maximum absolute atomic E-state index is 12.2. The Labute approximate surface area is 157 Å². The molecule has 0 fully saturated rings. The van der Waals surface area contributed by atoms with E-state index < -0.39 is 23.5 Å². The summed E-state index contributed by atoms with van der Waals surface area (Å²) in [5.74, 6) is -1.01. The van der Waals surface area contributed by atoms with Crippen molar-refractivity contribution >= 4 is 33.4 Å². The third-order valence-corrected chi connectivity index (χ3v) is 5.42. The second-order valence-corrected chi connectivity index (χ2v) is 7.78. The normalized spacial score (nSPS) is 14.5. The van der Waals surface area contributed by atoms with E-state index in [9.17, 15) is 14.9 Å². The summed E-state index contributed by atoms with van der Waals surface area (Å²) in [5.41, 5.74) is -0.0863. The van der Waals surface area contributed by atoms with Crippen molar-refractivity contribution in [1.29, 1.82) is 5.26 Å². The van der Waals surface area contributed by atoms with Crippen molar-refractivity contribution in [3.05, 3.63) is 29.3 Å². The van der Waals surface area contributed by atoms with Gasteiger partial charge in [0.05, 0.1) is 27.7 Å². The number of ether oxygens (including phenoxy) is 1. The lowest BCUT2D eigenvalue weighted by atomic mass is 9.90. The summed E-state index contributed by atoms with van der Waals surface area (Å²) >= 11 is 1.54. The van der Waals surface area contributed by atoms with Crippen molar-refractivity contribution < 1.29 is 14.3 Å². The van der Waals surface area contributed by atoms with Gasteiger partial charge in [-0.1, -0.05) is 26.0 Å². The zero-order valence-corrected chi connectivity index (χ0v) is 16.2. The molecule has 26 heavy (non-hydrogen) atoms. The molecule has 0 aliphatic carbocycles. The molecule has 1 amide bonds. The van der Waals surface area contributed by atoms with Crippen LogP contribution in [0.15, 0.2) is 24.3 Å². The Balaban J connectivity index is 1.86. The smallest absolute Gasteiger partial charge is 0.306 e. The predicted molar refractivity (Wildman–Crippen MR) is 100 cm³/mol. The summed E-state index contributed by atoms with van der Waals surface area (Å²) < 4.78 is 6.27. The van der Waals surface area contributed by atoms with Crippen molar-refractivity contribution in [2.24, 2.45) is 5.92 Å². The number of amides is 1. The number of rotatable bonds is 7. The number of para-hydroxylation sites is 1. The van der Waals surface area contributed by atoms with Crippen LogP contribution in [0.4, 0.5) is 0 Å². The van der Waals surface area contributed by atoms with Crippen LogP contribution in [0.3, 0.4) is 0 Å². The minimum Gasteiger partial charge on any atom is -0.453 e. The SMILES string of the molecule is CC(OC(=O)CCc1nc2ccccc2s1)C(=O)NC(C)(C#N)C(C)C. The van der Waals surface area contributed by atoms with Crippen molar-refractivity contribution in [2.75, 3.05) is 0 Å². The Morgan fingerprint density at radius 1 is 1.35 bits per heavy atom. The number of esters is 1. The Kier molecular flexibility index (Phi) is 6.32. The van der Waals surface area contributed by atoms with Crippen LogP contribution in [0.2, 0.25) is 0 Å². The third-order valence-electron chi connectivity index (χ3n) is 4.33. The van der Waals surface area contributed by atoms with Crippen LogP contribution in [-0.2, 0) is 20.7 Å². The van der Waals surface area contributed by atoms with Crippen LogP contribution < -0.4 is 5.32 Å². The van der Waals surface area contributed by atoms with Gasteiger partial charge in [0.2, 0.25) is 0 Å². The largest absolute Gasteiger partial charge is 0.453 e. The summed E-state index contributed by atoms with van der Waals surface area (Å²) in [7, 11) is 0. The maximum atomic E-state index is 12.2. The minimum atomic E-state index is -1.00. The monoisotopic (exact) mass is 373 g/mol. The first-order chi connectivity index (χ1) is 12.2. The fourth-order valence-corrected chi connectivity index (χ4v) is 3.17. The number of benzene rings is 1. The molecule has 0 aliphatic rings. The molecule has 2 rings (SSSR count). The highest BCUT2D eigenvalue weighted by atomic mass is 32.1. The van der Waals surface area contributed by atoms with Gasteiger partial charge in [-0.15, -0.1) is 11.3 Å². The number of nitriles is 1.